The molecule has 1 saturated heterocycles. The Morgan fingerprint density at radius 2 is 2.10 bits per heavy atom. The lowest BCUT2D eigenvalue weighted by Gasteiger charge is -2.27. The Balaban J connectivity index is 2.45. The number of nitrogens with zero attached hydrogens (tertiary/aromatic N) is 1. The molecule has 0 bridgehead atoms. The van der Waals surface area contributed by atoms with Gasteiger partial charge in [-0.3, -0.25) is 0 Å². The first-order valence-electron chi connectivity index (χ1n) is 6.75. The molecule has 1 aromatic carbocycles. The molecule has 21 heavy (non-hydrogen) atoms. The van der Waals surface area contributed by atoms with Gasteiger partial charge in [0.1, 0.15) is 16.5 Å². The van der Waals surface area contributed by atoms with Crippen molar-refractivity contribution in [2.24, 2.45) is 0 Å². The van der Waals surface area contributed by atoms with Crippen molar-refractivity contribution in [1.29, 1.82) is 0 Å². The minimum absolute atomic E-state index is 0.0662. The van der Waals surface area contributed by atoms with Crippen molar-refractivity contribution in [2.45, 2.75) is 30.7 Å². The Hall–Kier alpha value is -0.570. The smallest absolute Gasteiger partial charge is 0.246 e. The summed E-state index contributed by atoms with van der Waals surface area (Å²) in [7, 11) is -3.99. The fraction of sp³-hybridized carbons (Fsp3) is 0.538. The number of rotatable bonds is 5. The fourth-order valence-corrected chi connectivity index (χ4v) is 4.75. The van der Waals surface area contributed by atoms with Crippen molar-refractivity contribution in [3.05, 3.63) is 28.2 Å². The van der Waals surface area contributed by atoms with Crippen molar-refractivity contribution < 1.29 is 17.2 Å². The summed E-state index contributed by atoms with van der Waals surface area (Å²) in [6.45, 7) is 3.45. The maximum Gasteiger partial charge on any atom is 0.246 e. The SMILES string of the molecule is CCCN(C1CCNC1)S(=O)(=O)c1cc(Br)c(F)cc1F. The molecule has 0 saturated carbocycles. The summed E-state index contributed by atoms with van der Waals surface area (Å²) in [4.78, 5) is -0.490. The number of hydrogen-bond donors (Lipinski definition) is 1. The molecule has 0 amide bonds. The van der Waals surface area contributed by atoms with Gasteiger partial charge >= 0.3 is 0 Å². The van der Waals surface area contributed by atoms with Crippen molar-refractivity contribution in [3.63, 3.8) is 0 Å². The summed E-state index contributed by atoms with van der Waals surface area (Å²) in [5, 5.41) is 3.10. The van der Waals surface area contributed by atoms with Crippen LogP contribution in [0, 0.1) is 11.6 Å². The van der Waals surface area contributed by atoms with E-state index in [0.29, 0.717) is 32.0 Å². The molecule has 118 valence electrons. The highest BCUT2D eigenvalue weighted by atomic mass is 79.9. The minimum atomic E-state index is -3.99. The van der Waals surface area contributed by atoms with E-state index in [1.54, 1.807) is 0 Å². The summed E-state index contributed by atoms with van der Waals surface area (Å²) in [6.07, 6.45) is 1.31. The van der Waals surface area contributed by atoms with E-state index in [-0.39, 0.29) is 10.5 Å². The van der Waals surface area contributed by atoms with E-state index in [2.05, 4.69) is 21.2 Å². The average Bonchev–Trinajstić information content (AvgIpc) is 2.93. The van der Waals surface area contributed by atoms with Crippen LogP contribution in [0.2, 0.25) is 0 Å². The van der Waals surface area contributed by atoms with Crippen LogP contribution in [0.3, 0.4) is 0 Å². The molecule has 1 fully saturated rings. The molecular weight excluding hydrogens is 366 g/mol. The van der Waals surface area contributed by atoms with Gasteiger partial charge in [-0.1, -0.05) is 6.92 Å². The molecular formula is C13H17BrF2N2O2S. The highest BCUT2D eigenvalue weighted by Crippen LogP contribution is 2.28. The second-order valence-corrected chi connectivity index (χ2v) is 7.67. The quantitative estimate of drug-likeness (QED) is 0.795. The third-order valence-electron chi connectivity index (χ3n) is 3.45. The normalized spacial score (nSPS) is 19.4. The third kappa shape index (κ3) is 3.44. The van der Waals surface area contributed by atoms with Crippen LogP contribution < -0.4 is 5.32 Å². The fourth-order valence-electron chi connectivity index (χ4n) is 2.43. The Morgan fingerprint density at radius 3 is 2.67 bits per heavy atom. The number of hydrogen-bond acceptors (Lipinski definition) is 3. The van der Waals surface area contributed by atoms with Gasteiger partial charge in [-0.2, -0.15) is 4.31 Å². The molecule has 1 aromatic rings. The van der Waals surface area contributed by atoms with Crippen molar-refractivity contribution in [2.75, 3.05) is 19.6 Å². The summed E-state index contributed by atoms with van der Waals surface area (Å²) in [6, 6.07) is 1.39. The zero-order valence-corrected chi connectivity index (χ0v) is 14.0. The predicted molar refractivity (Wildman–Crippen MR) is 79.5 cm³/mol. The van der Waals surface area contributed by atoms with Crippen molar-refractivity contribution in [3.8, 4) is 0 Å². The topological polar surface area (TPSA) is 49.4 Å². The third-order valence-corrected chi connectivity index (χ3v) is 6.02. The summed E-state index contributed by atoms with van der Waals surface area (Å²) < 4.78 is 53.9. The number of sulfonamides is 1. The second kappa shape index (κ2) is 6.68. The predicted octanol–water partition coefficient (Wildman–Crippen LogP) is 2.49. The lowest BCUT2D eigenvalue weighted by atomic mass is 10.2. The van der Waals surface area contributed by atoms with Gasteiger partial charge in [0.25, 0.3) is 0 Å². The van der Waals surface area contributed by atoms with E-state index in [0.717, 1.165) is 12.6 Å². The van der Waals surface area contributed by atoms with Crippen LogP contribution in [-0.2, 0) is 10.0 Å². The maximum absolute atomic E-state index is 13.9. The molecule has 1 unspecified atom stereocenters. The number of halogens is 3. The molecule has 0 radical (unpaired) electrons. The molecule has 0 aliphatic carbocycles. The van der Waals surface area contributed by atoms with Gasteiger partial charge in [0, 0.05) is 25.2 Å². The maximum atomic E-state index is 13.9. The lowest BCUT2D eigenvalue weighted by Crippen LogP contribution is -2.42. The van der Waals surface area contributed by atoms with E-state index in [1.165, 1.54) is 4.31 Å². The van der Waals surface area contributed by atoms with E-state index in [9.17, 15) is 17.2 Å². The summed E-state index contributed by atoms with van der Waals surface area (Å²) in [5.41, 5.74) is 0. The molecule has 1 aliphatic rings. The zero-order chi connectivity index (χ0) is 15.6. The monoisotopic (exact) mass is 382 g/mol. The number of nitrogens with one attached hydrogen (secondary N) is 1. The molecule has 1 aliphatic heterocycles. The van der Waals surface area contributed by atoms with Crippen molar-refractivity contribution >= 4 is 26.0 Å². The lowest BCUT2D eigenvalue weighted by molar-refractivity contribution is 0.333. The van der Waals surface area contributed by atoms with Crippen molar-refractivity contribution in [1.82, 2.24) is 9.62 Å². The average molecular weight is 383 g/mol. The molecule has 0 aromatic heterocycles. The van der Waals surface area contributed by atoms with Crippen LogP contribution in [0.15, 0.2) is 21.5 Å². The number of benzene rings is 1. The van der Waals surface area contributed by atoms with Crippen LogP contribution in [0.5, 0.6) is 0 Å². The van der Waals surface area contributed by atoms with E-state index >= 15 is 0 Å². The molecule has 2 rings (SSSR count). The van der Waals surface area contributed by atoms with Gasteiger partial charge in [-0.15, -0.1) is 0 Å². The van der Waals surface area contributed by atoms with Crippen LogP contribution in [0.25, 0.3) is 0 Å². The van der Waals surface area contributed by atoms with Crippen LogP contribution in [0.4, 0.5) is 8.78 Å². The Labute approximate surface area is 131 Å². The van der Waals surface area contributed by atoms with Gasteiger partial charge in [-0.25, -0.2) is 17.2 Å². The first kappa shape index (κ1) is 16.8. The first-order valence-corrected chi connectivity index (χ1v) is 8.98. The zero-order valence-electron chi connectivity index (χ0n) is 11.6. The highest BCUT2D eigenvalue weighted by Gasteiger charge is 2.34. The second-order valence-electron chi connectivity index (χ2n) is 4.96. The molecule has 4 nitrogen and oxygen atoms in total. The minimum Gasteiger partial charge on any atom is -0.315 e. The van der Waals surface area contributed by atoms with E-state index in [4.69, 9.17) is 0 Å². The Bertz CT molecular complexity index is 619. The van der Waals surface area contributed by atoms with Gasteiger partial charge in [-0.05, 0) is 41.4 Å². The van der Waals surface area contributed by atoms with Gasteiger partial charge in [0.05, 0.1) is 4.47 Å². The van der Waals surface area contributed by atoms with Crippen LogP contribution in [-0.4, -0.2) is 38.4 Å². The molecule has 1 heterocycles. The molecule has 1 atom stereocenters. The van der Waals surface area contributed by atoms with Crippen LogP contribution in [0.1, 0.15) is 19.8 Å². The van der Waals surface area contributed by atoms with E-state index < -0.39 is 26.6 Å². The Kier molecular flexibility index (Phi) is 5.34. The first-order chi connectivity index (χ1) is 9.87. The standard InChI is InChI=1S/C13H17BrF2N2O2S/c1-2-5-18(9-3-4-17-8-9)21(19,20)13-6-10(14)11(15)7-12(13)16/h6-7,9,17H,2-5,8H2,1H3. The van der Waals surface area contributed by atoms with Gasteiger partial charge in [0.15, 0.2) is 0 Å². The largest absolute Gasteiger partial charge is 0.315 e. The van der Waals surface area contributed by atoms with Gasteiger partial charge < -0.3 is 5.32 Å². The molecule has 1 N–H and O–H groups in total. The molecule has 8 heteroatoms. The summed E-state index contributed by atoms with van der Waals surface area (Å²) >= 11 is 2.91. The summed E-state index contributed by atoms with van der Waals surface area (Å²) in [5.74, 6) is -1.89. The van der Waals surface area contributed by atoms with Crippen LogP contribution >= 0.6 is 15.9 Å². The molecule has 0 spiro atoms. The Morgan fingerprint density at radius 1 is 1.38 bits per heavy atom. The highest BCUT2D eigenvalue weighted by molar-refractivity contribution is 9.10. The van der Waals surface area contributed by atoms with Gasteiger partial charge in [0.2, 0.25) is 10.0 Å². The van der Waals surface area contributed by atoms with E-state index in [1.807, 2.05) is 6.92 Å².